The molecule has 1 aliphatic rings. The number of aliphatic hydroxyl groups is 1. The molecule has 4 aromatic rings. The van der Waals surface area contributed by atoms with Crippen LogP contribution >= 0.6 is 23.2 Å². The van der Waals surface area contributed by atoms with Crippen LogP contribution in [0.5, 0.6) is 11.6 Å². The zero-order chi connectivity index (χ0) is 35.8. The maximum atomic E-state index is 11.7. The molecule has 1 amide bonds. The molecule has 1 fully saturated rings. The molecule has 3 heterocycles. The standard InChI is InChI=1S/C37H41Cl2N5O6/c1-22(46)44-15-12-26(13-16-44)41-20-25-9-10-31(43-37(25)50-3)30-6-4-5-28(34(30)38)29-11-14-40-36(35(29)39)23-7-8-24(32(17-23)49-2)19-42-27(21-45)18-33(47)48/h4-11,14,17,26-27,41-42,45H,12-13,15-16,18-21H2,1-3H3,(H,47,48). The lowest BCUT2D eigenvalue weighted by molar-refractivity contribution is -0.138. The molecule has 2 aromatic carbocycles. The Morgan fingerprint density at radius 3 is 2.36 bits per heavy atom. The molecule has 0 bridgehead atoms. The van der Waals surface area contributed by atoms with Gasteiger partial charge in [-0.2, -0.15) is 0 Å². The van der Waals surface area contributed by atoms with Crippen molar-refractivity contribution in [2.45, 2.75) is 51.4 Å². The number of benzene rings is 2. The summed E-state index contributed by atoms with van der Waals surface area (Å²) in [5, 5.41) is 26.1. The average molecular weight is 723 g/mol. The van der Waals surface area contributed by atoms with Crippen LogP contribution in [0.15, 0.2) is 60.8 Å². The molecule has 264 valence electrons. The number of carbonyl (C=O) groups excluding carboxylic acids is 1. The molecule has 4 N–H and O–H groups in total. The van der Waals surface area contributed by atoms with Gasteiger partial charge >= 0.3 is 5.97 Å². The summed E-state index contributed by atoms with van der Waals surface area (Å²) in [4.78, 5) is 34.0. The van der Waals surface area contributed by atoms with Gasteiger partial charge in [-0.25, -0.2) is 4.98 Å². The zero-order valence-corrected chi connectivity index (χ0v) is 29.7. The molecule has 1 saturated heterocycles. The van der Waals surface area contributed by atoms with Crippen LogP contribution in [0.1, 0.15) is 37.3 Å². The molecule has 5 rings (SSSR count). The first kappa shape index (κ1) is 37.0. The Labute approximate surface area is 301 Å². The number of likely N-dealkylation sites (tertiary alicyclic amines) is 1. The summed E-state index contributed by atoms with van der Waals surface area (Å²) >= 11 is 14.1. The van der Waals surface area contributed by atoms with Gasteiger partial charge in [-0.1, -0.05) is 59.6 Å². The summed E-state index contributed by atoms with van der Waals surface area (Å²) in [5.41, 5.74) is 5.72. The van der Waals surface area contributed by atoms with E-state index in [4.69, 9.17) is 42.8 Å². The smallest absolute Gasteiger partial charge is 0.305 e. The van der Waals surface area contributed by atoms with E-state index in [2.05, 4.69) is 15.6 Å². The number of rotatable bonds is 14. The quantitative estimate of drug-likeness (QED) is 0.126. The van der Waals surface area contributed by atoms with Crippen molar-refractivity contribution < 1.29 is 29.3 Å². The van der Waals surface area contributed by atoms with E-state index in [0.717, 1.165) is 42.6 Å². The fourth-order valence-electron chi connectivity index (χ4n) is 6.08. The minimum absolute atomic E-state index is 0.116. The second kappa shape index (κ2) is 17.1. The summed E-state index contributed by atoms with van der Waals surface area (Å²) in [6.45, 7) is 3.69. The van der Waals surface area contributed by atoms with E-state index >= 15 is 0 Å². The number of methoxy groups -OCH3 is 2. The van der Waals surface area contributed by atoms with Crippen LogP contribution in [-0.4, -0.2) is 83.0 Å². The van der Waals surface area contributed by atoms with Gasteiger partial charge in [0.1, 0.15) is 5.75 Å². The molecule has 0 spiro atoms. The molecule has 50 heavy (non-hydrogen) atoms. The fraction of sp³-hybridized carbons (Fsp3) is 0.351. The van der Waals surface area contributed by atoms with Crippen molar-refractivity contribution in [1.82, 2.24) is 25.5 Å². The third kappa shape index (κ3) is 8.72. The number of aliphatic carboxylic acids is 1. The Balaban J connectivity index is 1.36. The number of amides is 1. The van der Waals surface area contributed by atoms with Gasteiger partial charge in [0.25, 0.3) is 0 Å². The number of carboxylic acid groups (broad SMARTS) is 1. The number of carboxylic acids is 1. The number of hydrogen-bond donors (Lipinski definition) is 4. The zero-order valence-electron chi connectivity index (χ0n) is 28.2. The van der Waals surface area contributed by atoms with Gasteiger partial charge in [0.2, 0.25) is 11.8 Å². The van der Waals surface area contributed by atoms with E-state index in [-0.39, 0.29) is 18.9 Å². The summed E-state index contributed by atoms with van der Waals surface area (Å²) in [6.07, 6.45) is 3.26. The molecule has 0 aliphatic carbocycles. The molecular weight excluding hydrogens is 681 g/mol. The van der Waals surface area contributed by atoms with Gasteiger partial charge in [0.05, 0.1) is 48.7 Å². The van der Waals surface area contributed by atoms with Crippen molar-refractivity contribution in [2.24, 2.45) is 0 Å². The van der Waals surface area contributed by atoms with Gasteiger partial charge < -0.3 is 35.2 Å². The Morgan fingerprint density at radius 1 is 0.960 bits per heavy atom. The normalized spacial score (nSPS) is 14.0. The number of nitrogens with zero attached hydrogens (tertiary/aromatic N) is 3. The summed E-state index contributed by atoms with van der Waals surface area (Å²) in [6, 6.07) is 16.7. The first-order valence-electron chi connectivity index (χ1n) is 16.3. The second-order valence-electron chi connectivity index (χ2n) is 12.1. The van der Waals surface area contributed by atoms with Gasteiger partial charge in [-0.05, 0) is 31.0 Å². The van der Waals surface area contributed by atoms with Crippen molar-refractivity contribution in [3.05, 3.63) is 82.0 Å². The maximum Gasteiger partial charge on any atom is 0.305 e. The number of nitrogens with one attached hydrogen (secondary N) is 2. The van der Waals surface area contributed by atoms with Gasteiger partial charge in [-0.15, -0.1) is 0 Å². The van der Waals surface area contributed by atoms with Crippen LogP contribution < -0.4 is 20.1 Å². The Morgan fingerprint density at radius 2 is 1.68 bits per heavy atom. The third-order valence-electron chi connectivity index (χ3n) is 8.89. The number of halogens is 2. The number of pyridine rings is 2. The number of carbonyl (C=O) groups is 2. The Hall–Kier alpha value is -4.26. The minimum atomic E-state index is -0.998. The molecular formula is C37H41Cl2N5O6. The second-order valence-corrected chi connectivity index (χ2v) is 12.9. The van der Waals surface area contributed by atoms with Crippen LogP contribution in [0.2, 0.25) is 10.0 Å². The highest BCUT2D eigenvalue weighted by atomic mass is 35.5. The van der Waals surface area contributed by atoms with E-state index in [0.29, 0.717) is 68.9 Å². The van der Waals surface area contributed by atoms with Gasteiger partial charge in [0, 0.05) is 84.8 Å². The molecule has 2 aromatic heterocycles. The highest BCUT2D eigenvalue weighted by Gasteiger charge is 2.22. The summed E-state index contributed by atoms with van der Waals surface area (Å²) in [7, 11) is 3.15. The lowest BCUT2D eigenvalue weighted by Gasteiger charge is -2.31. The van der Waals surface area contributed by atoms with Gasteiger partial charge in [-0.3, -0.25) is 14.6 Å². The van der Waals surface area contributed by atoms with Crippen LogP contribution in [-0.2, 0) is 22.7 Å². The van der Waals surface area contributed by atoms with E-state index in [1.54, 1.807) is 27.3 Å². The lowest BCUT2D eigenvalue weighted by Crippen LogP contribution is -2.44. The molecule has 11 nitrogen and oxygen atoms in total. The van der Waals surface area contributed by atoms with Crippen molar-refractivity contribution in [2.75, 3.05) is 33.9 Å². The number of aliphatic hydroxyl groups excluding tert-OH is 1. The van der Waals surface area contributed by atoms with Crippen LogP contribution in [0.25, 0.3) is 33.6 Å². The van der Waals surface area contributed by atoms with E-state index < -0.39 is 12.0 Å². The predicted octanol–water partition coefficient (Wildman–Crippen LogP) is 5.83. The molecule has 0 radical (unpaired) electrons. The highest BCUT2D eigenvalue weighted by Crippen LogP contribution is 2.42. The molecule has 1 atom stereocenters. The molecule has 1 unspecified atom stereocenters. The van der Waals surface area contributed by atoms with Crippen molar-refractivity contribution in [1.29, 1.82) is 0 Å². The van der Waals surface area contributed by atoms with E-state index in [1.165, 1.54) is 0 Å². The first-order chi connectivity index (χ1) is 24.1. The summed E-state index contributed by atoms with van der Waals surface area (Å²) in [5.74, 6) is 0.179. The minimum Gasteiger partial charge on any atom is -0.496 e. The third-order valence-corrected chi connectivity index (χ3v) is 9.68. The topological polar surface area (TPSA) is 146 Å². The van der Waals surface area contributed by atoms with Crippen LogP contribution in [0.3, 0.4) is 0 Å². The number of hydrogen-bond acceptors (Lipinski definition) is 9. The first-order valence-corrected chi connectivity index (χ1v) is 17.1. The molecule has 0 saturated carbocycles. The number of aromatic nitrogens is 2. The van der Waals surface area contributed by atoms with Gasteiger partial charge in [0.15, 0.2) is 0 Å². The number of piperidine rings is 1. The van der Waals surface area contributed by atoms with Crippen molar-refractivity contribution >= 4 is 35.1 Å². The Kier molecular flexibility index (Phi) is 12.7. The number of ether oxygens (including phenoxy) is 2. The molecule has 1 aliphatic heterocycles. The van der Waals surface area contributed by atoms with Crippen LogP contribution in [0, 0.1) is 0 Å². The van der Waals surface area contributed by atoms with Crippen molar-refractivity contribution in [3.8, 4) is 45.3 Å². The monoisotopic (exact) mass is 721 g/mol. The Bertz CT molecular complexity index is 1830. The predicted molar refractivity (Wildman–Crippen MR) is 194 cm³/mol. The SMILES string of the molecule is COc1cc(-c2nccc(-c3cccc(-c4ccc(CNC5CCN(C(C)=O)CC5)c(OC)n4)c3Cl)c2Cl)ccc1CNC(CO)CC(=O)O. The van der Waals surface area contributed by atoms with Crippen molar-refractivity contribution in [3.63, 3.8) is 0 Å². The summed E-state index contributed by atoms with van der Waals surface area (Å²) < 4.78 is 11.3. The van der Waals surface area contributed by atoms with Crippen LogP contribution in [0.4, 0.5) is 0 Å². The highest BCUT2D eigenvalue weighted by molar-refractivity contribution is 6.39. The largest absolute Gasteiger partial charge is 0.496 e. The van der Waals surface area contributed by atoms with E-state index in [1.807, 2.05) is 59.5 Å². The lowest BCUT2D eigenvalue weighted by atomic mass is 9.99. The van der Waals surface area contributed by atoms with E-state index in [9.17, 15) is 14.7 Å². The average Bonchev–Trinajstić information content (AvgIpc) is 3.12. The maximum absolute atomic E-state index is 11.7. The fourth-order valence-corrected chi connectivity index (χ4v) is 6.73. The molecule has 13 heteroatoms.